The van der Waals surface area contributed by atoms with Crippen LogP contribution in [0.1, 0.15) is 43.3 Å². The molecule has 0 aliphatic heterocycles. The van der Waals surface area contributed by atoms with Gasteiger partial charge in [0.05, 0.1) is 5.92 Å². The van der Waals surface area contributed by atoms with Crippen LogP contribution in [0.2, 0.25) is 0 Å². The molecule has 1 aromatic rings. The van der Waals surface area contributed by atoms with E-state index in [1.54, 1.807) is 0 Å². The van der Waals surface area contributed by atoms with Gasteiger partial charge in [0.1, 0.15) is 0 Å². The Morgan fingerprint density at radius 3 is 2.84 bits per heavy atom. The minimum Gasteiger partial charge on any atom is -0.339 e. The van der Waals surface area contributed by atoms with Crippen LogP contribution in [0.25, 0.3) is 0 Å². The van der Waals surface area contributed by atoms with Gasteiger partial charge in [0.15, 0.2) is 5.82 Å². The molecule has 2 atom stereocenters. The van der Waals surface area contributed by atoms with E-state index >= 15 is 0 Å². The Hall–Kier alpha value is -1.11. The summed E-state index contributed by atoms with van der Waals surface area (Å²) in [6.45, 7) is 0.717. The molecule has 1 aliphatic carbocycles. The quantitative estimate of drug-likeness (QED) is 0.919. The highest BCUT2D eigenvalue weighted by Crippen LogP contribution is 2.43. The molecular weight excluding hydrogens is 259 g/mol. The minimum atomic E-state index is -4.12. The fourth-order valence-corrected chi connectivity index (χ4v) is 2.48. The molecule has 2 unspecified atom stereocenters. The largest absolute Gasteiger partial charge is 0.391 e. The van der Waals surface area contributed by atoms with Crippen molar-refractivity contribution in [2.45, 2.75) is 44.2 Å². The zero-order valence-corrected chi connectivity index (χ0v) is 10.8. The van der Waals surface area contributed by atoms with Crippen LogP contribution in [-0.2, 0) is 6.42 Å². The number of nitrogens with one attached hydrogen (secondary N) is 1. The lowest BCUT2D eigenvalue weighted by atomic mass is 9.81. The number of nitrogens with zero attached hydrogens (tertiary/aromatic N) is 2. The van der Waals surface area contributed by atoms with Crippen LogP contribution < -0.4 is 5.32 Å². The van der Waals surface area contributed by atoms with E-state index in [1.807, 2.05) is 7.05 Å². The molecule has 4 nitrogen and oxygen atoms in total. The molecule has 1 saturated carbocycles. The molecule has 1 aliphatic rings. The van der Waals surface area contributed by atoms with Gasteiger partial charge in [0.25, 0.3) is 0 Å². The Kier molecular flexibility index (Phi) is 4.44. The van der Waals surface area contributed by atoms with Crippen molar-refractivity contribution < 1.29 is 17.7 Å². The summed E-state index contributed by atoms with van der Waals surface area (Å²) in [4.78, 5) is 4.20. The van der Waals surface area contributed by atoms with Crippen molar-refractivity contribution in [3.05, 3.63) is 11.7 Å². The van der Waals surface area contributed by atoms with E-state index in [4.69, 9.17) is 4.52 Å². The predicted molar refractivity (Wildman–Crippen MR) is 62.7 cm³/mol. The van der Waals surface area contributed by atoms with E-state index in [1.165, 1.54) is 0 Å². The van der Waals surface area contributed by atoms with E-state index < -0.39 is 12.1 Å². The molecule has 1 aromatic heterocycles. The Morgan fingerprint density at radius 2 is 2.16 bits per heavy atom. The molecule has 0 aromatic carbocycles. The van der Waals surface area contributed by atoms with E-state index in [2.05, 4.69) is 15.5 Å². The highest BCUT2D eigenvalue weighted by atomic mass is 19.4. The fraction of sp³-hybridized carbons (Fsp3) is 0.833. The minimum absolute atomic E-state index is 0.0666. The van der Waals surface area contributed by atoms with Crippen molar-refractivity contribution in [2.75, 3.05) is 13.6 Å². The van der Waals surface area contributed by atoms with Gasteiger partial charge in [0, 0.05) is 18.9 Å². The number of halogens is 3. The smallest absolute Gasteiger partial charge is 0.339 e. The molecular formula is C12H18F3N3O. The Labute approximate surface area is 109 Å². The third kappa shape index (κ3) is 3.68. The molecule has 1 N–H and O–H groups in total. The van der Waals surface area contributed by atoms with Gasteiger partial charge in [-0.1, -0.05) is 11.6 Å². The van der Waals surface area contributed by atoms with Gasteiger partial charge >= 0.3 is 6.18 Å². The van der Waals surface area contributed by atoms with Crippen molar-refractivity contribution >= 4 is 0 Å². The zero-order chi connectivity index (χ0) is 13.9. The van der Waals surface area contributed by atoms with Crippen LogP contribution in [0.5, 0.6) is 0 Å². The first-order chi connectivity index (χ1) is 9.00. The summed E-state index contributed by atoms with van der Waals surface area (Å²) >= 11 is 0. The lowest BCUT2D eigenvalue weighted by Gasteiger charge is -2.28. The number of rotatable bonds is 4. The molecule has 0 bridgehead atoms. The maximum atomic E-state index is 12.7. The molecule has 7 heteroatoms. The SMILES string of the molecule is CNCCc1noc(C2CCCC(C(F)(F)F)C2)n1. The maximum Gasteiger partial charge on any atom is 0.391 e. The topological polar surface area (TPSA) is 51.0 Å². The molecule has 0 spiro atoms. The first-order valence-corrected chi connectivity index (χ1v) is 6.54. The third-order valence-electron chi connectivity index (χ3n) is 3.57. The summed E-state index contributed by atoms with van der Waals surface area (Å²) in [6, 6.07) is 0. The van der Waals surface area contributed by atoms with Crippen molar-refractivity contribution in [3.63, 3.8) is 0 Å². The highest BCUT2D eigenvalue weighted by Gasteiger charge is 2.43. The molecule has 0 amide bonds. The van der Waals surface area contributed by atoms with E-state index in [0.29, 0.717) is 31.0 Å². The van der Waals surface area contributed by atoms with Gasteiger partial charge in [-0.3, -0.25) is 0 Å². The predicted octanol–water partition coefficient (Wildman–Crippen LogP) is 2.67. The van der Waals surface area contributed by atoms with E-state index in [-0.39, 0.29) is 18.8 Å². The lowest BCUT2D eigenvalue weighted by molar-refractivity contribution is -0.183. The summed E-state index contributed by atoms with van der Waals surface area (Å²) in [5, 5.41) is 6.77. The summed E-state index contributed by atoms with van der Waals surface area (Å²) in [5.41, 5.74) is 0. The highest BCUT2D eigenvalue weighted by molar-refractivity contribution is 4.98. The summed E-state index contributed by atoms with van der Waals surface area (Å²) in [6.07, 6.45) is -1.97. The number of alkyl halides is 3. The number of hydrogen-bond donors (Lipinski definition) is 1. The van der Waals surface area contributed by atoms with Gasteiger partial charge < -0.3 is 9.84 Å². The van der Waals surface area contributed by atoms with E-state index in [9.17, 15) is 13.2 Å². The number of hydrogen-bond acceptors (Lipinski definition) is 4. The average molecular weight is 277 g/mol. The molecule has 1 fully saturated rings. The molecule has 2 rings (SSSR count). The first kappa shape index (κ1) is 14.3. The first-order valence-electron chi connectivity index (χ1n) is 6.54. The summed E-state index contributed by atoms with van der Waals surface area (Å²) in [7, 11) is 1.82. The van der Waals surface area contributed by atoms with Crippen LogP contribution >= 0.6 is 0 Å². The molecule has 0 radical (unpaired) electrons. The molecule has 108 valence electrons. The van der Waals surface area contributed by atoms with Crippen LogP contribution in [0.3, 0.4) is 0 Å². The van der Waals surface area contributed by atoms with Crippen LogP contribution in [0, 0.1) is 5.92 Å². The molecule has 1 heterocycles. The Balaban J connectivity index is 1.99. The normalized spacial score (nSPS) is 24.6. The number of likely N-dealkylation sites (N-methyl/N-ethyl adjacent to an activating group) is 1. The monoisotopic (exact) mass is 277 g/mol. The van der Waals surface area contributed by atoms with Crippen LogP contribution in [0.15, 0.2) is 4.52 Å². The summed E-state index contributed by atoms with van der Waals surface area (Å²) < 4.78 is 43.3. The van der Waals surface area contributed by atoms with Crippen molar-refractivity contribution in [2.24, 2.45) is 5.92 Å². The van der Waals surface area contributed by atoms with Gasteiger partial charge in [-0.2, -0.15) is 18.2 Å². The van der Waals surface area contributed by atoms with Gasteiger partial charge in [-0.05, 0) is 26.3 Å². The third-order valence-corrected chi connectivity index (χ3v) is 3.57. The van der Waals surface area contributed by atoms with Gasteiger partial charge in [-0.25, -0.2) is 0 Å². The Bertz CT molecular complexity index is 405. The second kappa shape index (κ2) is 5.90. The second-order valence-corrected chi connectivity index (χ2v) is 5.00. The van der Waals surface area contributed by atoms with Gasteiger partial charge in [-0.15, -0.1) is 0 Å². The zero-order valence-electron chi connectivity index (χ0n) is 10.8. The molecule has 0 saturated heterocycles. The standard InChI is InChI=1S/C12H18F3N3O/c1-16-6-5-10-17-11(19-18-10)8-3-2-4-9(7-8)12(13,14)15/h8-9,16H,2-7H2,1H3. The van der Waals surface area contributed by atoms with E-state index in [0.717, 1.165) is 6.54 Å². The average Bonchev–Trinajstić information content (AvgIpc) is 2.84. The molecule has 19 heavy (non-hydrogen) atoms. The van der Waals surface area contributed by atoms with Crippen LogP contribution in [-0.4, -0.2) is 29.9 Å². The van der Waals surface area contributed by atoms with Gasteiger partial charge in [0.2, 0.25) is 5.89 Å². The van der Waals surface area contributed by atoms with Crippen LogP contribution in [0.4, 0.5) is 13.2 Å². The number of aromatic nitrogens is 2. The Morgan fingerprint density at radius 1 is 1.37 bits per heavy atom. The van der Waals surface area contributed by atoms with Crippen molar-refractivity contribution in [1.29, 1.82) is 0 Å². The summed E-state index contributed by atoms with van der Waals surface area (Å²) in [5.74, 6) is -0.575. The van der Waals surface area contributed by atoms with Crippen molar-refractivity contribution in [1.82, 2.24) is 15.5 Å². The fourth-order valence-electron chi connectivity index (χ4n) is 2.48. The lowest BCUT2D eigenvalue weighted by Crippen LogP contribution is -2.28. The van der Waals surface area contributed by atoms with Crippen molar-refractivity contribution in [3.8, 4) is 0 Å². The second-order valence-electron chi connectivity index (χ2n) is 5.00. The maximum absolute atomic E-state index is 12.7.